The number of hydrogen-bond acceptors (Lipinski definition) is 3. The lowest BCUT2D eigenvalue weighted by molar-refractivity contribution is 0.593. The van der Waals surface area contributed by atoms with Gasteiger partial charge in [0.1, 0.15) is 0 Å². The second-order valence-corrected chi connectivity index (χ2v) is 8.02. The van der Waals surface area contributed by atoms with E-state index in [0.717, 1.165) is 11.1 Å². The zero-order valence-corrected chi connectivity index (χ0v) is 13.1. The molecule has 0 saturated heterocycles. The van der Waals surface area contributed by atoms with Crippen LogP contribution in [0.3, 0.4) is 0 Å². The molecule has 0 spiro atoms. The molecule has 0 amide bonds. The van der Waals surface area contributed by atoms with Crippen LogP contribution in [0.2, 0.25) is 5.02 Å². The summed E-state index contributed by atoms with van der Waals surface area (Å²) in [4.78, 5) is 0.338. The maximum absolute atomic E-state index is 12.7. The molecule has 2 aromatic carbocycles. The fraction of sp³-hybridized carbons (Fsp3) is 0.250. The minimum atomic E-state index is -3.40. The molecule has 1 fully saturated rings. The van der Waals surface area contributed by atoms with Gasteiger partial charge in [0.25, 0.3) is 0 Å². The standard InChI is InChI=1S/C16H16ClNO2S/c1-10-2-8-13(9-3-10)21(19,20)16-14(15(16)18)11-4-6-12(17)7-5-11/h2-9,14-16H,18H2,1H3/t14-,15+,16+/m0/s1. The third-order valence-corrected chi connectivity index (χ3v) is 6.48. The predicted molar refractivity (Wildman–Crippen MR) is 84.3 cm³/mol. The maximum atomic E-state index is 12.7. The number of sulfone groups is 1. The maximum Gasteiger partial charge on any atom is 0.183 e. The number of hydrogen-bond donors (Lipinski definition) is 1. The molecule has 0 radical (unpaired) electrons. The first kappa shape index (κ1) is 14.6. The van der Waals surface area contributed by atoms with E-state index >= 15 is 0 Å². The van der Waals surface area contributed by atoms with Gasteiger partial charge in [0.2, 0.25) is 0 Å². The molecular weight excluding hydrogens is 306 g/mol. The van der Waals surface area contributed by atoms with Gasteiger partial charge in [-0.15, -0.1) is 0 Å². The Kier molecular flexibility index (Phi) is 3.56. The molecule has 1 aliphatic carbocycles. The molecule has 21 heavy (non-hydrogen) atoms. The Bertz CT molecular complexity index is 754. The van der Waals surface area contributed by atoms with Crippen LogP contribution >= 0.6 is 11.6 Å². The van der Waals surface area contributed by atoms with Gasteiger partial charge in [-0.1, -0.05) is 41.4 Å². The highest BCUT2D eigenvalue weighted by Crippen LogP contribution is 2.47. The van der Waals surface area contributed by atoms with Crippen LogP contribution in [-0.4, -0.2) is 19.7 Å². The van der Waals surface area contributed by atoms with Crippen LogP contribution in [0.4, 0.5) is 0 Å². The summed E-state index contributed by atoms with van der Waals surface area (Å²) in [5.41, 5.74) is 7.98. The summed E-state index contributed by atoms with van der Waals surface area (Å²) in [5, 5.41) is 0.0762. The summed E-state index contributed by atoms with van der Waals surface area (Å²) in [5.74, 6) is -0.159. The smallest absolute Gasteiger partial charge is 0.183 e. The van der Waals surface area contributed by atoms with Crippen molar-refractivity contribution in [3.8, 4) is 0 Å². The summed E-state index contributed by atoms with van der Waals surface area (Å²) < 4.78 is 25.3. The number of nitrogens with two attached hydrogens (primary N) is 1. The molecule has 1 aliphatic rings. The summed E-state index contributed by atoms with van der Waals surface area (Å²) in [6.45, 7) is 1.93. The summed E-state index contributed by atoms with van der Waals surface area (Å²) >= 11 is 5.86. The number of aryl methyl sites for hydroxylation is 1. The van der Waals surface area contributed by atoms with Crippen molar-refractivity contribution < 1.29 is 8.42 Å². The van der Waals surface area contributed by atoms with Crippen molar-refractivity contribution in [1.82, 2.24) is 0 Å². The van der Waals surface area contributed by atoms with Gasteiger partial charge in [-0.3, -0.25) is 0 Å². The van der Waals surface area contributed by atoms with E-state index in [1.54, 1.807) is 36.4 Å². The van der Waals surface area contributed by atoms with Crippen LogP contribution in [0.25, 0.3) is 0 Å². The first-order valence-corrected chi connectivity index (χ1v) is 8.65. The van der Waals surface area contributed by atoms with E-state index in [0.29, 0.717) is 9.92 Å². The molecular formula is C16H16ClNO2S. The lowest BCUT2D eigenvalue weighted by Crippen LogP contribution is -2.15. The highest BCUT2D eigenvalue weighted by molar-refractivity contribution is 7.92. The normalized spacial score (nSPS) is 24.8. The van der Waals surface area contributed by atoms with Crippen molar-refractivity contribution in [3.05, 3.63) is 64.7 Å². The van der Waals surface area contributed by atoms with Gasteiger partial charge < -0.3 is 5.73 Å². The molecule has 3 rings (SSSR count). The molecule has 5 heteroatoms. The minimum absolute atomic E-state index is 0.159. The molecule has 3 nitrogen and oxygen atoms in total. The first-order valence-electron chi connectivity index (χ1n) is 6.73. The largest absolute Gasteiger partial charge is 0.326 e. The fourth-order valence-electron chi connectivity index (χ4n) is 2.69. The second-order valence-electron chi connectivity index (χ2n) is 5.48. The Morgan fingerprint density at radius 2 is 1.57 bits per heavy atom. The first-order chi connectivity index (χ1) is 9.91. The number of benzene rings is 2. The van der Waals surface area contributed by atoms with Crippen LogP contribution in [0.15, 0.2) is 53.4 Å². The zero-order valence-electron chi connectivity index (χ0n) is 11.5. The number of rotatable bonds is 3. The molecule has 0 unspecified atom stereocenters. The van der Waals surface area contributed by atoms with E-state index in [4.69, 9.17) is 17.3 Å². The average Bonchev–Trinajstić information content (AvgIpc) is 3.12. The van der Waals surface area contributed by atoms with Crippen LogP contribution < -0.4 is 5.73 Å². The summed E-state index contributed by atoms with van der Waals surface area (Å²) in [6, 6.07) is 13.8. The third-order valence-electron chi connectivity index (χ3n) is 3.97. The van der Waals surface area contributed by atoms with Gasteiger partial charge in [-0.05, 0) is 36.8 Å². The number of halogens is 1. The molecule has 0 heterocycles. The van der Waals surface area contributed by atoms with Crippen LogP contribution in [0.5, 0.6) is 0 Å². The summed E-state index contributed by atoms with van der Waals surface area (Å²) in [6.07, 6.45) is 0. The summed E-state index contributed by atoms with van der Waals surface area (Å²) in [7, 11) is -3.40. The Labute approximate surface area is 129 Å². The van der Waals surface area contributed by atoms with Crippen LogP contribution in [0, 0.1) is 6.92 Å². The molecule has 3 atom stereocenters. The average molecular weight is 322 g/mol. The van der Waals surface area contributed by atoms with Gasteiger partial charge in [0.15, 0.2) is 9.84 Å². The quantitative estimate of drug-likeness (QED) is 0.945. The molecule has 2 aromatic rings. The van der Waals surface area contributed by atoms with Crippen LogP contribution in [0.1, 0.15) is 17.0 Å². The molecule has 0 aromatic heterocycles. The van der Waals surface area contributed by atoms with Gasteiger partial charge in [-0.2, -0.15) is 0 Å². The molecule has 0 bridgehead atoms. The Hall–Kier alpha value is -1.36. The van der Waals surface area contributed by atoms with Crippen molar-refractivity contribution in [3.63, 3.8) is 0 Å². The van der Waals surface area contributed by atoms with Crippen molar-refractivity contribution in [2.24, 2.45) is 5.73 Å². The van der Waals surface area contributed by atoms with E-state index in [-0.39, 0.29) is 12.0 Å². The molecule has 1 saturated carbocycles. The predicted octanol–water partition coefficient (Wildman–Crippen LogP) is 2.92. The molecule has 2 N–H and O–H groups in total. The Morgan fingerprint density at radius 1 is 1.00 bits per heavy atom. The van der Waals surface area contributed by atoms with E-state index in [1.807, 2.05) is 19.1 Å². The van der Waals surface area contributed by atoms with Gasteiger partial charge in [-0.25, -0.2) is 8.42 Å². The third kappa shape index (κ3) is 2.59. The van der Waals surface area contributed by atoms with Crippen LogP contribution in [-0.2, 0) is 9.84 Å². The lowest BCUT2D eigenvalue weighted by atomic mass is 10.1. The SMILES string of the molecule is Cc1ccc(S(=O)(=O)[C@H]2[C@H](N)[C@@H]2c2ccc(Cl)cc2)cc1. The van der Waals surface area contributed by atoms with Gasteiger partial charge >= 0.3 is 0 Å². The Balaban J connectivity index is 1.91. The van der Waals surface area contributed by atoms with Crippen molar-refractivity contribution in [2.45, 2.75) is 29.0 Å². The minimum Gasteiger partial charge on any atom is -0.326 e. The van der Waals surface area contributed by atoms with Gasteiger partial charge in [0.05, 0.1) is 10.1 Å². The van der Waals surface area contributed by atoms with Crippen molar-refractivity contribution in [2.75, 3.05) is 0 Å². The molecule has 0 aliphatic heterocycles. The van der Waals surface area contributed by atoms with Crippen molar-refractivity contribution in [1.29, 1.82) is 0 Å². The van der Waals surface area contributed by atoms with E-state index in [2.05, 4.69) is 0 Å². The van der Waals surface area contributed by atoms with E-state index < -0.39 is 15.1 Å². The topological polar surface area (TPSA) is 60.2 Å². The highest BCUT2D eigenvalue weighted by atomic mass is 35.5. The highest BCUT2D eigenvalue weighted by Gasteiger charge is 2.57. The van der Waals surface area contributed by atoms with Crippen molar-refractivity contribution >= 4 is 21.4 Å². The van der Waals surface area contributed by atoms with E-state index in [1.165, 1.54) is 0 Å². The monoisotopic (exact) mass is 321 g/mol. The Morgan fingerprint density at radius 3 is 2.14 bits per heavy atom. The lowest BCUT2D eigenvalue weighted by Gasteiger charge is -2.04. The van der Waals surface area contributed by atoms with E-state index in [9.17, 15) is 8.42 Å². The second kappa shape index (κ2) is 5.13. The molecule has 110 valence electrons. The zero-order chi connectivity index (χ0) is 15.2. The fourth-order valence-corrected chi connectivity index (χ4v) is 4.86. The van der Waals surface area contributed by atoms with Gasteiger partial charge in [0, 0.05) is 17.0 Å².